The van der Waals surface area contributed by atoms with E-state index in [1.54, 1.807) is 24.3 Å². The van der Waals surface area contributed by atoms with Crippen molar-refractivity contribution in [3.05, 3.63) is 95.6 Å². The molecule has 8 aliphatic rings. The molecule has 16 nitrogen and oxygen atoms in total. The zero-order chi connectivity index (χ0) is 54.3. The van der Waals surface area contributed by atoms with E-state index in [1.807, 2.05) is 44.2 Å². The fourth-order valence-corrected chi connectivity index (χ4v) is 15.6. The number of esters is 2. The minimum Gasteiger partial charge on any atom is -0.468 e. The first-order valence-corrected chi connectivity index (χ1v) is 29.6. The topological polar surface area (TPSA) is 211 Å². The number of rotatable bonds is 21. The Kier molecular flexibility index (Phi) is 17.3. The van der Waals surface area contributed by atoms with E-state index >= 15 is 0 Å². The molecule has 2 saturated heterocycles. The van der Waals surface area contributed by atoms with Crippen molar-refractivity contribution in [1.82, 2.24) is 9.44 Å². The number of carbonyl (C=O) groups excluding carboxylic acids is 2. The minimum atomic E-state index is -4.02. The Hall–Kier alpha value is -3.69. The molecule has 0 unspecified atom stereocenters. The number of aliphatic hydroxyl groups is 1. The van der Waals surface area contributed by atoms with Crippen LogP contribution in [0.1, 0.15) is 110 Å². The van der Waals surface area contributed by atoms with Gasteiger partial charge < -0.3 is 37.9 Å². The third kappa shape index (κ3) is 12.0. The molecule has 3 aromatic rings. The van der Waals surface area contributed by atoms with Gasteiger partial charge in [0, 0.05) is 0 Å². The first-order chi connectivity index (χ1) is 35.3. The summed E-state index contributed by atoms with van der Waals surface area (Å²) in [5.74, 6) is 0.753. The van der Waals surface area contributed by atoms with E-state index in [4.69, 9.17) is 32.8 Å². The summed E-state index contributed by atoms with van der Waals surface area (Å²) in [4.78, 5) is 25.4. The molecule has 6 aliphatic carbocycles. The Morgan fingerprint density at radius 1 is 0.640 bits per heavy atom. The van der Waals surface area contributed by atoms with Gasteiger partial charge in [-0.2, -0.15) is 9.44 Å². The summed E-state index contributed by atoms with van der Waals surface area (Å²) in [6, 6.07) is 19.7. The standard InChI is InChI=1S/C31H42BNO7S.C24H36BNO7S/c1-21-13-15-24(16-14-21)41(35,36)33-28(29(34)37-5)25(38-20-22-10-7-6-8-11-22)12-9-17-32-39-27-19-23-18-26(30(23,2)3)31(27,4)40-32;1-15-8-10-17(11-9-15)34(29,30)26-21(22(28)31-5)18(27)7-6-12-25-32-20-14-16-13-19(23(16,2)3)24(20,4)33-25/h6-8,10-11,13-16,23,25-28,33H,9,12,17-20H2,1-5H3;8-11,16,18-21,26-27H,6-7,12-14H2,1-5H3/t23-,25-,26-,27+,28-,31-;16-,18-,19-,20+,21-,24-/m00/s1. The van der Waals surface area contributed by atoms with E-state index in [0.717, 1.165) is 36.6 Å². The maximum atomic E-state index is 13.3. The number of aliphatic hydroxyl groups excluding tert-OH is 1. The van der Waals surface area contributed by atoms with Crippen LogP contribution >= 0.6 is 0 Å². The Labute approximate surface area is 445 Å². The molecule has 3 aromatic carbocycles. The van der Waals surface area contributed by atoms with Crippen LogP contribution in [-0.2, 0) is 69.1 Å². The lowest BCUT2D eigenvalue weighted by molar-refractivity contribution is -0.199. The smallest absolute Gasteiger partial charge is 0.457 e. The highest BCUT2D eigenvalue weighted by atomic mass is 32.2. The molecule has 8 fully saturated rings. The fourth-order valence-electron chi connectivity index (χ4n) is 13.1. The molecule has 0 radical (unpaired) electrons. The molecule has 410 valence electrons. The Balaban J connectivity index is 0.000000203. The third-order valence-corrected chi connectivity index (χ3v) is 21.0. The largest absolute Gasteiger partial charge is 0.468 e. The number of methoxy groups -OCH3 is 2. The molecule has 20 heteroatoms. The lowest BCUT2D eigenvalue weighted by Gasteiger charge is -2.64. The van der Waals surface area contributed by atoms with Crippen molar-refractivity contribution in [3.8, 4) is 0 Å². The van der Waals surface area contributed by atoms with E-state index in [2.05, 4.69) is 51.0 Å². The number of ether oxygens (including phenoxy) is 3. The number of hydrogen-bond acceptors (Lipinski definition) is 14. The van der Waals surface area contributed by atoms with Crippen LogP contribution in [0.15, 0.2) is 88.7 Å². The number of hydrogen-bond donors (Lipinski definition) is 3. The van der Waals surface area contributed by atoms with Crippen LogP contribution in [0, 0.1) is 48.3 Å². The van der Waals surface area contributed by atoms with Gasteiger partial charge in [0.05, 0.1) is 66.2 Å². The van der Waals surface area contributed by atoms with Crippen LogP contribution in [0.2, 0.25) is 12.6 Å². The van der Waals surface area contributed by atoms with Crippen molar-refractivity contribution >= 4 is 46.2 Å². The number of nitrogens with one attached hydrogen (secondary N) is 2. The SMILES string of the molecule is COC(=O)[C@@H](NS(=O)(=O)c1ccc(C)cc1)[C@@H](O)CCCB1O[C@@H]2C[C@@H]3C[C@@H](C3(C)C)[C@]2(C)O1.COC(=O)[C@@H](NS(=O)(=O)c1ccc(C)cc1)[C@H](CCCB1O[C@@H]2C[C@@H]3C[C@@H](C3(C)C)[C@]2(C)O1)OCc1ccccc1. The maximum Gasteiger partial charge on any atom is 0.457 e. The number of benzene rings is 3. The fraction of sp³-hybridized carbons (Fsp3) is 0.636. The second-order valence-electron chi connectivity index (χ2n) is 23.4. The summed E-state index contributed by atoms with van der Waals surface area (Å²) >= 11 is 0. The molecule has 11 rings (SSSR count). The van der Waals surface area contributed by atoms with Crippen molar-refractivity contribution in [3.63, 3.8) is 0 Å². The van der Waals surface area contributed by atoms with Crippen LogP contribution in [0.4, 0.5) is 0 Å². The Morgan fingerprint density at radius 2 is 1.07 bits per heavy atom. The van der Waals surface area contributed by atoms with E-state index in [-0.39, 0.29) is 71.3 Å². The average molecular weight is 1080 g/mol. The van der Waals surface area contributed by atoms with Gasteiger partial charge in [-0.05, 0) is 143 Å². The number of carbonyl (C=O) groups is 2. The first kappa shape index (κ1) is 57.5. The predicted octanol–water partition coefficient (Wildman–Crippen LogP) is 7.59. The minimum absolute atomic E-state index is 0.0177. The highest BCUT2D eigenvalue weighted by molar-refractivity contribution is 7.89. The predicted molar refractivity (Wildman–Crippen MR) is 284 cm³/mol. The lowest BCUT2D eigenvalue weighted by Crippen LogP contribution is -2.65. The normalized spacial score (nSPS) is 29.5. The van der Waals surface area contributed by atoms with Crippen LogP contribution in [0.5, 0.6) is 0 Å². The molecule has 75 heavy (non-hydrogen) atoms. The summed E-state index contributed by atoms with van der Waals surface area (Å²) in [7, 11) is -6.31. The maximum absolute atomic E-state index is 13.3. The quantitative estimate of drug-likeness (QED) is 0.0693. The number of sulfonamides is 2. The van der Waals surface area contributed by atoms with Gasteiger partial charge in [0.15, 0.2) is 0 Å². The van der Waals surface area contributed by atoms with Crippen LogP contribution in [0.3, 0.4) is 0 Å². The van der Waals surface area contributed by atoms with Gasteiger partial charge in [-0.3, -0.25) is 9.59 Å². The van der Waals surface area contributed by atoms with Crippen LogP contribution in [0.25, 0.3) is 0 Å². The molecule has 0 amide bonds. The molecule has 0 spiro atoms. The molecule has 4 bridgehead atoms. The van der Waals surface area contributed by atoms with E-state index in [0.29, 0.717) is 55.6 Å². The van der Waals surface area contributed by atoms with Crippen molar-refractivity contribution in [2.24, 2.45) is 34.5 Å². The second-order valence-corrected chi connectivity index (χ2v) is 26.9. The summed E-state index contributed by atoms with van der Waals surface area (Å²) in [5.41, 5.74) is 2.72. The van der Waals surface area contributed by atoms with Crippen molar-refractivity contribution in [2.75, 3.05) is 14.2 Å². The molecule has 0 aromatic heterocycles. The van der Waals surface area contributed by atoms with Crippen molar-refractivity contribution < 1.29 is 64.4 Å². The van der Waals surface area contributed by atoms with Crippen molar-refractivity contribution in [1.29, 1.82) is 0 Å². The Bertz CT molecular complexity index is 2700. The van der Waals surface area contributed by atoms with Gasteiger partial charge in [-0.1, -0.05) is 106 Å². The van der Waals surface area contributed by atoms with E-state index in [9.17, 15) is 31.5 Å². The zero-order valence-electron chi connectivity index (χ0n) is 45.3. The summed E-state index contributed by atoms with van der Waals surface area (Å²) in [6.45, 7) is 17.6. The lowest BCUT2D eigenvalue weighted by atomic mass is 9.43. The van der Waals surface area contributed by atoms with E-state index in [1.165, 1.54) is 44.2 Å². The third-order valence-electron chi connectivity index (χ3n) is 18.1. The molecule has 2 heterocycles. The summed E-state index contributed by atoms with van der Waals surface area (Å²) in [6.07, 6.45) is 5.45. The Morgan fingerprint density at radius 3 is 1.51 bits per heavy atom. The highest BCUT2D eigenvalue weighted by Crippen LogP contribution is 2.67. The average Bonchev–Trinajstić information content (AvgIpc) is 3.91. The molecular formula is C55H78B2N2O14S2. The first-order valence-electron chi connectivity index (χ1n) is 26.7. The van der Waals surface area contributed by atoms with Gasteiger partial charge in [0.2, 0.25) is 20.0 Å². The van der Waals surface area contributed by atoms with Gasteiger partial charge in [-0.25, -0.2) is 16.8 Å². The second kappa shape index (κ2) is 22.6. The van der Waals surface area contributed by atoms with Gasteiger partial charge in [-0.15, -0.1) is 0 Å². The van der Waals surface area contributed by atoms with Gasteiger partial charge >= 0.3 is 26.2 Å². The summed E-state index contributed by atoms with van der Waals surface area (Å²) < 4.78 is 98.6. The molecule has 2 aliphatic heterocycles. The van der Waals surface area contributed by atoms with Gasteiger partial charge in [0.25, 0.3) is 0 Å². The molecule has 6 saturated carbocycles. The van der Waals surface area contributed by atoms with Crippen LogP contribution < -0.4 is 9.44 Å². The molecule has 3 N–H and O–H groups in total. The van der Waals surface area contributed by atoms with Crippen LogP contribution in [-0.4, -0.2) is 110 Å². The van der Waals surface area contributed by atoms with Crippen molar-refractivity contribution in [2.45, 2.75) is 183 Å². The molecule has 12 atom stereocenters. The monoisotopic (exact) mass is 1080 g/mol. The van der Waals surface area contributed by atoms with E-state index < -0.39 is 56.3 Å². The zero-order valence-corrected chi connectivity index (χ0v) is 46.9. The summed E-state index contributed by atoms with van der Waals surface area (Å²) in [5, 5.41) is 10.7. The molecular weight excluding hydrogens is 998 g/mol. The number of aryl methyl sites for hydroxylation is 2. The van der Waals surface area contributed by atoms with Gasteiger partial charge in [0.1, 0.15) is 12.1 Å². The highest BCUT2D eigenvalue weighted by Gasteiger charge is 2.69.